The Kier molecular flexibility index (Phi) is 3.36. The summed E-state index contributed by atoms with van der Waals surface area (Å²) >= 11 is 0. The summed E-state index contributed by atoms with van der Waals surface area (Å²) in [6, 6.07) is 0. The molecule has 0 N–H and O–H groups in total. The van der Waals surface area contributed by atoms with Crippen LogP contribution in [0.1, 0.15) is 72.6 Å². The minimum atomic E-state index is 0.288. The maximum absolute atomic E-state index is 5.13. The molecule has 4 rings (SSSR count). The zero-order valence-electron chi connectivity index (χ0n) is 15.3. The molecule has 0 amide bonds. The van der Waals surface area contributed by atoms with E-state index in [9.17, 15) is 0 Å². The molecule has 0 heterocycles. The fourth-order valence-electron chi connectivity index (χ4n) is 7.21. The number of hydrogen-bond acceptors (Lipinski definition) is 0. The van der Waals surface area contributed by atoms with Gasteiger partial charge in [0.2, 0.25) is 0 Å². The maximum Gasteiger partial charge on any atom is -0.0193 e. The maximum atomic E-state index is 5.13. The molecule has 0 aromatic carbocycles. The first kappa shape index (κ1) is 15.2. The first-order valence-corrected chi connectivity index (χ1v) is 9.71. The minimum Gasteiger partial charge on any atom is -0.659 e. The summed E-state index contributed by atoms with van der Waals surface area (Å²) < 4.78 is 0. The van der Waals surface area contributed by atoms with E-state index in [-0.39, 0.29) is 5.54 Å². The lowest BCUT2D eigenvalue weighted by atomic mass is 9.45. The molecule has 0 radical (unpaired) electrons. The summed E-state index contributed by atoms with van der Waals surface area (Å²) in [6.45, 7) is 10.0. The summed E-state index contributed by atoms with van der Waals surface area (Å²) in [5.74, 6) is 4.27. The molecule has 4 aliphatic carbocycles. The molecule has 2 fully saturated rings. The fourth-order valence-corrected chi connectivity index (χ4v) is 7.21. The molecule has 4 aliphatic rings. The van der Waals surface area contributed by atoms with Crippen molar-refractivity contribution in [3.05, 3.63) is 16.5 Å². The molecule has 1 heteroatoms. The highest BCUT2D eigenvalue weighted by Gasteiger charge is 2.54. The molecule has 0 saturated heterocycles. The van der Waals surface area contributed by atoms with E-state index >= 15 is 0 Å². The molecule has 0 spiro atoms. The average Bonchev–Trinajstić information content (AvgIpc) is 2.45. The standard InChI is InChI=1S/C21H34N/c1-13-10-16-12-20(3,4)11-15-8-9-21(22-5)14(2)6-7-17(13)19(21)18(15)16/h13-15,17,19H,6-12H2,1-5H3/q-1/t13-,14-,15-,17+,19-,21-/m0/s1. The molecule has 0 unspecified atom stereocenters. The van der Waals surface area contributed by atoms with Gasteiger partial charge < -0.3 is 5.32 Å². The van der Waals surface area contributed by atoms with Crippen LogP contribution in [0.2, 0.25) is 0 Å². The summed E-state index contributed by atoms with van der Waals surface area (Å²) in [6.07, 6.45) is 9.80. The van der Waals surface area contributed by atoms with Crippen molar-refractivity contribution in [3.63, 3.8) is 0 Å². The second-order valence-corrected chi connectivity index (χ2v) is 9.86. The summed E-state index contributed by atoms with van der Waals surface area (Å²) in [5.41, 5.74) is 4.62. The van der Waals surface area contributed by atoms with Gasteiger partial charge in [0, 0.05) is 0 Å². The van der Waals surface area contributed by atoms with Gasteiger partial charge in [-0.15, -0.1) is 5.54 Å². The van der Waals surface area contributed by atoms with Crippen LogP contribution in [-0.2, 0) is 0 Å². The van der Waals surface area contributed by atoms with Crippen LogP contribution in [0.3, 0.4) is 0 Å². The van der Waals surface area contributed by atoms with Gasteiger partial charge in [-0.1, -0.05) is 57.6 Å². The van der Waals surface area contributed by atoms with Gasteiger partial charge in [0.25, 0.3) is 0 Å². The Hall–Kier alpha value is -0.300. The normalized spacial score (nSPS) is 49.8. The molecule has 124 valence electrons. The van der Waals surface area contributed by atoms with Gasteiger partial charge in [0.1, 0.15) is 0 Å². The molecular weight excluding hydrogens is 266 g/mol. The van der Waals surface area contributed by atoms with Gasteiger partial charge in [-0.3, -0.25) is 0 Å². The van der Waals surface area contributed by atoms with E-state index in [4.69, 9.17) is 5.32 Å². The first-order valence-electron chi connectivity index (χ1n) is 9.71. The largest absolute Gasteiger partial charge is 0.659 e. The van der Waals surface area contributed by atoms with E-state index in [0.29, 0.717) is 5.41 Å². The molecule has 1 nitrogen and oxygen atoms in total. The van der Waals surface area contributed by atoms with Gasteiger partial charge in [-0.2, -0.15) is 7.05 Å². The second kappa shape index (κ2) is 4.85. The second-order valence-electron chi connectivity index (χ2n) is 9.86. The molecule has 0 aromatic heterocycles. The fraction of sp³-hybridized carbons (Fsp3) is 0.905. The van der Waals surface area contributed by atoms with Crippen LogP contribution in [0, 0.1) is 35.0 Å². The van der Waals surface area contributed by atoms with E-state index in [1.54, 1.807) is 0 Å². The predicted molar refractivity (Wildman–Crippen MR) is 93.9 cm³/mol. The Morgan fingerprint density at radius 1 is 1.09 bits per heavy atom. The lowest BCUT2D eigenvalue weighted by Gasteiger charge is -2.68. The number of hydrogen-bond donors (Lipinski definition) is 0. The van der Waals surface area contributed by atoms with Gasteiger partial charge in [0.15, 0.2) is 0 Å². The highest BCUT2D eigenvalue weighted by molar-refractivity contribution is 5.38. The van der Waals surface area contributed by atoms with E-state index < -0.39 is 0 Å². The van der Waals surface area contributed by atoms with Gasteiger partial charge in [-0.05, 0) is 61.2 Å². The van der Waals surface area contributed by atoms with Crippen molar-refractivity contribution in [2.24, 2.45) is 35.0 Å². The molecule has 6 atom stereocenters. The van der Waals surface area contributed by atoms with Crippen molar-refractivity contribution in [1.29, 1.82) is 0 Å². The van der Waals surface area contributed by atoms with E-state index in [0.717, 1.165) is 29.6 Å². The van der Waals surface area contributed by atoms with Crippen molar-refractivity contribution < 1.29 is 0 Å². The van der Waals surface area contributed by atoms with Crippen molar-refractivity contribution >= 4 is 0 Å². The summed E-state index contributed by atoms with van der Waals surface area (Å²) in [5, 5.41) is 5.13. The summed E-state index contributed by atoms with van der Waals surface area (Å²) in [7, 11) is 2.13. The van der Waals surface area contributed by atoms with E-state index in [1.807, 2.05) is 11.1 Å². The Morgan fingerprint density at radius 2 is 1.86 bits per heavy atom. The summed E-state index contributed by atoms with van der Waals surface area (Å²) in [4.78, 5) is 0. The Morgan fingerprint density at radius 3 is 2.59 bits per heavy atom. The first-order chi connectivity index (χ1) is 10.4. The van der Waals surface area contributed by atoms with Gasteiger partial charge in [-0.25, -0.2) is 0 Å². The third kappa shape index (κ3) is 1.93. The zero-order chi connectivity index (χ0) is 15.7. The molecule has 0 aromatic rings. The monoisotopic (exact) mass is 300 g/mol. The van der Waals surface area contributed by atoms with Crippen molar-refractivity contribution in [2.45, 2.75) is 78.2 Å². The molecule has 0 bridgehead atoms. The number of nitrogens with zero attached hydrogens (tertiary/aromatic N) is 1. The molecule has 0 aliphatic heterocycles. The zero-order valence-corrected chi connectivity index (χ0v) is 15.3. The smallest absolute Gasteiger partial charge is 0.0193 e. The van der Waals surface area contributed by atoms with Crippen LogP contribution in [0.25, 0.3) is 5.32 Å². The SMILES string of the molecule is C[N-][C@]12CC[C@H]3CC(C)(C)CC4=C3[C@@H]1[C@H](CC[C@@H]2C)[C@@H](C)C4. The quantitative estimate of drug-likeness (QED) is 0.531. The van der Waals surface area contributed by atoms with Crippen LogP contribution in [0.15, 0.2) is 11.1 Å². The Labute approximate surface area is 137 Å². The minimum absolute atomic E-state index is 0.288. The van der Waals surface area contributed by atoms with Crippen LogP contribution in [-0.4, -0.2) is 12.6 Å². The van der Waals surface area contributed by atoms with Crippen molar-refractivity contribution in [2.75, 3.05) is 7.05 Å². The Balaban J connectivity index is 1.85. The van der Waals surface area contributed by atoms with Crippen LogP contribution in [0.5, 0.6) is 0 Å². The average molecular weight is 301 g/mol. The van der Waals surface area contributed by atoms with Crippen molar-refractivity contribution in [3.8, 4) is 0 Å². The van der Waals surface area contributed by atoms with E-state index in [1.165, 1.54) is 44.9 Å². The van der Waals surface area contributed by atoms with Gasteiger partial charge in [0.05, 0.1) is 0 Å². The third-order valence-electron chi connectivity index (χ3n) is 8.04. The highest BCUT2D eigenvalue weighted by Crippen LogP contribution is 2.65. The lowest BCUT2D eigenvalue weighted by molar-refractivity contribution is 0.0181. The molecule has 2 saturated carbocycles. The van der Waals surface area contributed by atoms with Crippen LogP contribution < -0.4 is 0 Å². The van der Waals surface area contributed by atoms with Crippen molar-refractivity contribution in [1.82, 2.24) is 0 Å². The molecule has 22 heavy (non-hydrogen) atoms. The molecular formula is C21H34N-. The third-order valence-corrected chi connectivity index (χ3v) is 8.04. The number of allylic oxidation sites excluding steroid dienone is 1. The van der Waals surface area contributed by atoms with Crippen LogP contribution >= 0.6 is 0 Å². The lowest BCUT2D eigenvalue weighted by Crippen LogP contribution is -2.57. The van der Waals surface area contributed by atoms with Gasteiger partial charge >= 0.3 is 0 Å². The topological polar surface area (TPSA) is 14.1 Å². The number of rotatable bonds is 1. The van der Waals surface area contributed by atoms with E-state index in [2.05, 4.69) is 34.7 Å². The Bertz CT molecular complexity index is 502. The van der Waals surface area contributed by atoms with Crippen LogP contribution in [0.4, 0.5) is 0 Å². The highest BCUT2D eigenvalue weighted by atomic mass is 15.0. The predicted octanol–water partition coefficient (Wildman–Crippen LogP) is 5.96.